The van der Waals surface area contributed by atoms with Gasteiger partial charge >= 0.3 is 5.97 Å². The second-order valence-electron chi connectivity index (χ2n) is 5.42. The molecule has 0 saturated carbocycles. The molecule has 136 valence electrons. The molecular weight excluding hydrogens is 367 g/mol. The number of nitro benzene ring substituents is 1. The van der Waals surface area contributed by atoms with Crippen molar-refractivity contribution in [3.05, 3.63) is 68.5 Å². The van der Waals surface area contributed by atoms with Gasteiger partial charge in [-0.05, 0) is 44.2 Å². The van der Waals surface area contributed by atoms with Crippen LogP contribution in [0.2, 0.25) is 5.02 Å². The number of carbonyl (C=O) groups excluding carboxylic acids is 2. The molecule has 2 aromatic carbocycles. The highest BCUT2D eigenvalue weighted by Gasteiger charge is 2.21. The number of ether oxygens (including phenoxy) is 1. The normalized spacial score (nSPS) is 11.5. The van der Waals surface area contributed by atoms with E-state index in [1.807, 2.05) is 0 Å². The van der Waals surface area contributed by atoms with E-state index in [1.165, 1.54) is 38.1 Å². The predicted molar refractivity (Wildman–Crippen MR) is 92.8 cm³/mol. The van der Waals surface area contributed by atoms with Crippen molar-refractivity contribution in [1.82, 2.24) is 0 Å². The van der Waals surface area contributed by atoms with Crippen molar-refractivity contribution in [3.63, 3.8) is 0 Å². The van der Waals surface area contributed by atoms with E-state index in [4.69, 9.17) is 16.3 Å². The molecule has 0 aliphatic heterocycles. The standard InChI is InChI=1S/C17H14ClFN2O5/c1-9-7-11(3-6-15(9)21(24)25)17(23)26-10(2)16(22)20-14-5-4-12(19)8-13(14)18/h3-8,10H,1-2H3,(H,20,22)/t10-/m1/s1. The van der Waals surface area contributed by atoms with Gasteiger partial charge in [-0.3, -0.25) is 14.9 Å². The number of nitro groups is 1. The van der Waals surface area contributed by atoms with Gasteiger partial charge in [0.2, 0.25) is 0 Å². The Morgan fingerprint density at radius 3 is 2.54 bits per heavy atom. The highest BCUT2D eigenvalue weighted by atomic mass is 35.5. The zero-order valence-electron chi connectivity index (χ0n) is 13.8. The molecule has 7 nitrogen and oxygen atoms in total. The van der Waals surface area contributed by atoms with Crippen molar-refractivity contribution < 1.29 is 23.6 Å². The number of hydrogen-bond donors (Lipinski definition) is 1. The van der Waals surface area contributed by atoms with Crippen molar-refractivity contribution in [2.24, 2.45) is 0 Å². The van der Waals surface area contributed by atoms with Crippen molar-refractivity contribution >= 4 is 34.9 Å². The third-order valence-corrected chi connectivity index (χ3v) is 3.78. The molecule has 1 amide bonds. The molecule has 0 spiro atoms. The first-order valence-corrected chi connectivity index (χ1v) is 7.78. The van der Waals surface area contributed by atoms with Gasteiger partial charge in [-0.25, -0.2) is 9.18 Å². The fraction of sp³-hybridized carbons (Fsp3) is 0.176. The molecular formula is C17H14ClFN2O5. The lowest BCUT2D eigenvalue weighted by atomic mass is 10.1. The van der Waals surface area contributed by atoms with Crippen LogP contribution in [0.5, 0.6) is 0 Å². The Kier molecular flexibility index (Phi) is 5.89. The molecule has 0 fully saturated rings. The Hall–Kier alpha value is -3.00. The zero-order chi connectivity index (χ0) is 19.4. The molecule has 0 unspecified atom stereocenters. The van der Waals surface area contributed by atoms with Crippen LogP contribution in [-0.2, 0) is 9.53 Å². The molecule has 1 atom stereocenters. The van der Waals surface area contributed by atoms with E-state index in [9.17, 15) is 24.1 Å². The molecule has 9 heteroatoms. The molecule has 0 aliphatic rings. The van der Waals surface area contributed by atoms with Gasteiger partial charge in [0.05, 0.1) is 21.2 Å². The van der Waals surface area contributed by atoms with Crippen molar-refractivity contribution in [3.8, 4) is 0 Å². The van der Waals surface area contributed by atoms with E-state index in [-0.39, 0.29) is 22.0 Å². The summed E-state index contributed by atoms with van der Waals surface area (Å²) in [7, 11) is 0. The number of rotatable bonds is 5. The van der Waals surface area contributed by atoms with Gasteiger partial charge < -0.3 is 10.1 Å². The van der Waals surface area contributed by atoms with Crippen molar-refractivity contribution in [1.29, 1.82) is 0 Å². The van der Waals surface area contributed by atoms with Gasteiger partial charge in [0.25, 0.3) is 11.6 Å². The maximum atomic E-state index is 13.0. The topological polar surface area (TPSA) is 98.5 Å². The van der Waals surface area contributed by atoms with E-state index < -0.39 is 28.7 Å². The number of anilines is 1. The van der Waals surface area contributed by atoms with Crippen LogP contribution < -0.4 is 5.32 Å². The second-order valence-corrected chi connectivity index (χ2v) is 5.83. The van der Waals surface area contributed by atoms with Crippen LogP contribution in [0.3, 0.4) is 0 Å². The Morgan fingerprint density at radius 2 is 1.96 bits per heavy atom. The summed E-state index contributed by atoms with van der Waals surface area (Å²) in [4.78, 5) is 34.4. The van der Waals surface area contributed by atoms with E-state index >= 15 is 0 Å². The summed E-state index contributed by atoms with van der Waals surface area (Å²) in [6.45, 7) is 2.84. The maximum absolute atomic E-state index is 13.0. The lowest BCUT2D eigenvalue weighted by Gasteiger charge is -2.14. The van der Waals surface area contributed by atoms with Gasteiger partial charge in [-0.15, -0.1) is 0 Å². The average molecular weight is 381 g/mol. The first-order valence-electron chi connectivity index (χ1n) is 7.41. The predicted octanol–water partition coefficient (Wildman–Crippen LogP) is 3.88. The number of benzene rings is 2. The monoisotopic (exact) mass is 380 g/mol. The van der Waals surface area contributed by atoms with Crippen LogP contribution in [0.25, 0.3) is 0 Å². The Balaban J connectivity index is 2.05. The minimum atomic E-state index is -1.17. The fourth-order valence-corrected chi connectivity index (χ4v) is 2.31. The van der Waals surface area contributed by atoms with Gasteiger partial charge in [0.1, 0.15) is 5.82 Å². The fourth-order valence-electron chi connectivity index (χ4n) is 2.09. The largest absolute Gasteiger partial charge is 0.449 e. The van der Waals surface area contributed by atoms with Crippen LogP contribution in [0.1, 0.15) is 22.8 Å². The number of carbonyl (C=O) groups is 2. The lowest BCUT2D eigenvalue weighted by molar-refractivity contribution is -0.385. The minimum Gasteiger partial charge on any atom is -0.449 e. The molecule has 0 aromatic heterocycles. The number of halogens is 2. The highest BCUT2D eigenvalue weighted by Crippen LogP contribution is 2.23. The molecule has 0 aliphatic carbocycles. The Labute approximate surface area is 152 Å². The molecule has 2 rings (SSSR count). The molecule has 0 saturated heterocycles. The molecule has 26 heavy (non-hydrogen) atoms. The van der Waals surface area contributed by atoms with Crippen molar-refractivity contribution in [2.75, 3.05) is 5.32 Å². The van der Waals surface area contributed by atoms with E-state index in [0.29, 0.717) is 5.56 Å². The van der Waals surface area contributed by atoms with Crippen LogP contribution in [0.15, 0.2) is 36.4 Å². The van der Waals surface area contributed by atoms with E-state index in [0.717, 1.165) is 12.1 Å². The third kappa shape index (κ3) is 4.54. The number of aryl methyl sites for hydroxylation is 1. The highest BCUT2D eigenvalue weighted by molar-refractivity contribution is 6.33. The molecule has 0 radical (unpaired) electrons. The molecule has 0 heterocycles. The van der Waals surface area contributed by atoms with Gasteiger partial charge in [0, 0.05) is 11.6 Å². The first kappa shape index (κ1) is 19.3. The van der Waals surface area contributed by atoms with E-state index in [1.54, 1.807) is 0 Å². The van der Waals surface area contributed by atoms with Crippen LogP contribution in [0.4, 0.5) is 15.8 Å². The zero-order valence-corrected chi connectivity index (χ0v) is 14.5. The van der Waals surface area contributed by atoms with Crippen LogP contribution in [0, 0.1) is 22.9 Å². The summed E-state index contributed by atoms with van der Waals surface area (Å²) >= 11 is 5.82. The number of nitrogens with zero attached hydrogens (tertiary/aromatic N) is 1. The third-order valence-electron chi connectivity index (χ3n) is 3.47. The summed E-state index contributed by atoms with van der Waals surface area (Å²) in [5, 5.41) is 13.2. The van der Waals surface area contributed by atoms with Crippen LogP contribution in [-0.4, -0.2) is 22.9 Å². The summed E-state index contributed by atoms with van der Waals surface area (Å²) in [6.07, 6.45) is -1.17. The number of hydrogen-bond acceptors (Lipinski definition) is 5. The number of nitrogens with one attached hydrogen (secondary N) is 1. The Morgan fingerprint density at radius 1 is 1.27 bits per heavy atom. The summed E-state index contributed by atoms with van der Waals surface area (Å²) in [6, 6.07) is 7.18. The van der Waals surface area contributed by atoms with Crippen molar-refractivity contribution in [2.45, 2.75) is 20.0 Å². The van der Waals surface area contributed by atoms with Gasteiger partial charge in [-0.1, -0.05) is 11.6 Å². The quantitative estimate of drug-likeness (QED) is 0.482. The summed E-state index contributed by atoms with van der Waals surface area (Å²) in [5.41, 5.74) is 0.414. The van der Waals surface area contributed by atoms with Gasteiger partial charge in [0.15, 0.2) is 6.10 Å². The Bertz CT molecular complexity index is 887. The minimum absolute atomic E-state index is 0.00266. The van der Waals surface area contributed by atoms with E-state index in [2.05, 4.69) is 5.32 Å². The smallest absolute Gasteiger partial charge is 0.338 e. The number of amides is 1. The summed E-state index contributed by atoms with van der Waals surface area (Å²) in [5.74, 6) is -2.03. The SMILES string of the molecule is Cc1cc(C(=O)O[C@H](C)C(=O)Nc2ccc(F)cc2Cl)ccc1[N+](=O)[O-]. The molecule has 0 bridgehead atoms. The molecule has 1 N–H and O–H groups in total. The number of esters is 1. The maximum Gasteiger partial charge on any atom is 0.338 e. The first-order chi connectivity index (χ1) is 12.2. The summed E-state index contributed by atoms with van der Waals surface area (Å²) < 4.78 is 18.1. The second kappa shape index (κ2) is 7.92. The van der Waals surface area contributed by atoms with Gasteiger partial charge in [-0.2, -0.15) is 0 Å². The lowest BCUT2D eigenvalue weighted by Crippen LogP contribution is -2.30. The molecule has 2 aromatic rings. The average Bonchev–Trinajstić information content (AvgIpc) is 2.56. The van der Waals surface area contributed by atoms with Crippen LogP contribution >= 0.6 is 11.6 Å².